The highest BCUT2D eigenvalue weighted by Gasteiger charge is 2.22. The molecule has 0 aromatic carbocycles. The van der Waals surface area contributed by atoms with Crippen molar-refractivity contribution in [1.82, 2.24) is 0 Å². The lowest BCUT2D eigenvalue weighted by Crippen LogP contribution is -2.36. The summed E-state index contributed by atoms with van der Waals surface area (Å²) in [5.74, 6) is -1.94. The van der Waals surface area contributed by atoms with Crippen molar-refractivity contribution < 1.29 is 14.0 Å². The largest absolute Gasteiger partial charge is 0.469 e. The van der Waals surface area contributed by atoms with Gasteiger partial charge in [-0.1, -0.05) is 0 Å². The third-order valence-corrected chi connectivity index (χ3v) is 1.67. The molecule has 0 aliphatic rings. The molecular formula is C8H10N2O3. The van der Waals surface area contributed by atoms with E-state index in [9.17, 15) is 9.59 Å². The van der Waals surface area contributed by atoms with Gasteiger partial charge < -0.3 is 15.9 Å². The molecule has 0 saturated carbocycles. The average Bonchev–Trinajstić information content (AvgIpc) is 2.50. The van der Waals surface area contributed by atoms with E-state index >= 15 is 0 Å². The fourth-order valence-electron chi connectivity index (χ4n) is 0.971. The highest BCUT2D eigenvalue weighted by molar-refractivity contribution is 5.98. The lowest BCUT2D eigenvalue weighted by molar-refractivity contribution is -0.131. The van der Waals surface area contributed by atoms with Gasteiger partial charge in [0.25, 0.3) is 0 Å². The van der Waals surface area contributed by atoms with Crippen LogP contribution in [0.15, 0.2) is 22.8 Å². The van der Waals surface area contributed by atoms with Crippen molar-refractivity contribution in [3.05, 3.63) is 24.2 Å². The van der Waals surface area contributed by atoms with Crippen LogP contribution in [0.3, 0.4) is 0 Å². The Morgan fingerprint density at radius 1 is 1.38 bits per heavy atom. The van der Waals surface area contributed by atoms with Crippen LogP contribution in [0.1, 0.15) is 5.76 Å². The summed E-state index contributed by atoms with van der Waals surface area (Å²) in [6.45, 7) is 0. The van der Waals surface area contributed by atoms with Crippen LogP contribution >= 0.6 is 0 Å². The summed E-state index contributed by atoms with van der Waals surface area (Å²) in [4.78, 5) is 21.5. The predicted molar refractivity (Wildman–Crippen MR) is 44.3 cm³/mol. The quantitative estimate of drug-likeness (QED) is 0.608. The third kappa shape index (κ3) is 2.33. The first-order valence-corrected chi connectivity index (χ1v) is 3.72. The van der Waals surface area contributed by atoms with Crippen LogP contribution in [0.2, 0.25) is 0 Å². The maximum Gasteiger partial charge on any atom is 0.230 e. The maximum absolute atomic E-state index is 10.7. The van der Waals surface area contributed by atoms with E-state index in [0.29, 0.717) is 5.76 Å². The molecule has 0 aliphatic carbocycles. The van der Waals surface area contributed by atoms with E-state index in [4.69, 9.17) is 15.9 Å². The second-order valence-electron chi connectivity index (χ2n) is 2.64. The van der Waals surface area contributed by atoms with E-state index in [0.717, 1.165) is 0 Å². The molecule has 0 saturated heterocycles. The van der Waals surface area contributed by atoms with E-state index in [1.165, 1.54) is 6.26 Å². The number of amides is 2. The van der Waals surface area contributed by atoms with Crippen LogP contribution in [0, 0.1) is 5.92 Å². The first-order chi connectivity index (χ1) is 6.11. The molecule has 4 N–H and O–H groups in total. The molecule has 1 aromatic heterocycles. The van der Waals surface area contributed by atoms with Crippen LogP contribution in [-0.4, -0.2) is 11.8 Å². The molecule has 0 fully saturated rings. The smallest absolute Gasteiger partial charge is 0.230 e. The summed E-state index contributed by atoms with van der Waals surface area (Å²) in [5.41, 5.74) is 9.95. The van der Waals surface area contributed by atoms with Gasteiger partial charge in [0.1, 0.15) is 11.7 Å². The van der Waals surface area contributed by atoms with Crippen LogP contribution in [-0.2, 0) is 16.0 Å². The molecule has 13 heavy (non-hydrogen) atoms. The number of carbonyl (C=O) groups excluding carboxylic acids is 2. The van der Waals surface area contributed by atoms with Crippen molar-refractivity contribution in [2.24, 2.45) is 17.4 Å². The number of nitrogens with two attached hydrogens (primary N) is 2. The number of furan rings is 1. The van der Waals surface area contributed by atoms with Gasteiger partial charge in [-0.3, -0.25) is 9.59 Å². The normalized spacial score (nSPS) is 10.2. The van der Waals surface area contributed by atoms with Crippen LogP contribution < -0.4 is 11.5 Å². The molecule has 70 valence electrons. The number of rotatable bonds is 4. The van der Waals surface area contributed by atoms with Gasteiger partial charge >= 0.3 is 0 Å². The van der Waals surface area contributed by atoms with Crippen molar-refractivity contribution in [2.75, 3.05) is 0 Å². The van der Waals surface area contributed by atoms with Gasteiger partial charge in [0.15, 0.2) is 0 Å². The highest BCUT2D eigenvalue weighted by Crippen LogP contribution is 2.08. The Kier molecular flexibility index (Phi) is 2.69. The minimum absolute atomic E-state index is 0.123. The van der Waals surface area contributed by atoms with Gasteiger partial charge in [0, 0.05) is 6.42 Å². The number of primary amides is 2. The topological polar surface area (TPSA) is 99.3 Å². The molecule has 2 amide bonds. The molecule has 5 heteroatoms. The Labute approximate surface area is 74.7 Å². The van der Waals surface area contributed by atoms with Gasteiger partial charge in [-0.15, -0.1) is 0 Å². The average molecular weight is 182 g/mol. The lowest BCUT2D eigenvalue weighted by Gasteiger charge is -2.05. The highest BCUT2D eigenvalue weighted by atomic mass is 16.3. The summed E-state index contributed by atoms with van der Waals surface area (Å²) >= 11 is 0. The molecule has 0 aliphatic heterocycles. The maximum atomic E-state index is 10.7. The Morgan fingerprint density at radius 2 is 2.00 bits per heavy atom. The molecule has 1 aromatic rings. The minimum Gasteiger partial charge on any atom is -0.469 e. The fraction of sp³-hybridized carbons (Fsp3) is 0.250. The summed E-state index contributed by atoms with van der Waals surface area (Å²) in [6.07, 6.45) is 1.58. The molecular weight excluding hydrogens is 172 g/mol. The van der Waals surface area contributed by atoms with Crippen molar-refractivity contribution in [1.29, 1.82) is 0 Å². The molecule has 0 unspecified atom stereocenters. The van der Waals surface area contributed by atoms with Crippen molar-refractivity contribution in [2.45, 2.75) is 6.42 Å². The first-order valence-electron chi connectivity index (χ1n) is 3.72. The van der Waals surface area contributed by atoms with E-state index in [1.807, 2.05) is 0 Å². The van der Waals surface area contributed by atoms with Gasteiger partial charge in [0.05, 0.1) is 6.26 Å². The van der Waals surface area contributed by atoms with Gasteiger partial charge in [-0.2, -0.15) is 0 Å². The van der Waals surface area contributed by atoms with E-state index in [2.05, 4.69) is 0 Å². The van der Waals surface area contributed by atoms with Crippen molar-refractivity contribution in [3.8, 4) is 0 Å². The molecule has 1 rings (SSSR count). The zero-order chi connectivity index (χ0) is 9.84. The van der Waals surface area contributed by atoms with Crippen molar-refractivity contribution >= 4 is 11.8 Å². The molecule has 0 bridgehead atoms. The summed E-state index contributed by atoms with van der Waals surface area (Å²) in [6, 6.07) is 3.31. The fourth-order valence-corrected chi connectivity index (χ4v) is 0.971. The molecule has 0 atom stereocenters. The van der Waals surface area contributed by atoms with E-state index in [-0.39, 0.29) is 6.42 Å². The first kappa shape index (κ1) is 9.31. The van der Waals surface area contributed by atoms with Crippen LogP contribution in [0.4, 0.5) is 0 Å². The number of hydrogen-bond acceptors (Lipinski definition) is 3. The third-order valence-electron chi connectivity index (χ3n) is 1.67. The van der Waals surface area contributed by atoms with Crippen molar-refractivity contribution in [3.63, 3.8) is 0 Å². The predicted octanol–water partition coefficient (Wildman–Crippen LogP) is -0.591. The monoisotopic (exact) mass is 182 g/mol. The number of carbonyl (C=O) groups is 2. The zero-order valence-electron chi connectivity index (χ0n) is 6.90. The minimum atomic E-state index is -0.994. The number of hydrogen-bond donors (Lipinski definition) is 2. The molecule has 5 nitrogen and oxygen atoms in total. The Hall–Kier alpha value is -1.78. The van der Waals surface area contributed by atoms with E-state index < -0.39 is 17.7 Å². The second-order valence-corrected chi connectivity index (χ2v) is 2.64. The molecule has 0 spiro atoms. The Morgan fingerprint density at radius 3 is 2.38 bits per heavy atom. The van der Waals surface area contributed by atoms with Gasteiger partial charge in [-0.25, -0.2) is 0 Å². The summed E-state index contributed by atoms with van der Waals surface area (Å²) in [5, 5.41) is 0. The summed E-state index contributed by atoms with van der Waals surface area (Å²) < 4.78 is 4.95. The molecule has 1 heterocycles. The van der Waals surface area contributed by atoms with E-state index in [1.54, 1.807) is 12.1 Å². The van der Waals surface area contributed by atoms with Gasteiger partial charge in [-0.05, 0) is 12.1 Å². The van der Waals surface area contributed by atoms with Crippen LogP contribution in [0.5, 0.6) is 0 Å². The zero-order valence-corrected chi connectivity index (χ0v) is 6.90. The second kappa shape index (κ2) is 3.75. The SMILES string of the molecule is NC(=O)C(Cc1ccco1)C(N)=O. The van der Waals surface area contributed by atoms with Crippen LogP contribution in [0.25, 0.3) is 0 Å². The standard InChI is InChI=1S/C8H10N2O3/c9-7(11)6(8(10)12)4-5-2-1-3-13-5/h1-3,6H,4H2,(H2,9,11)(H2,10,12). The Bertz CT molecular complexity index is 291. The Balaban J connectivity index is 2.69. The molecule has 0 radical (unpaired) electrons. The lowest BCUT2D eigenvalue weighted by atomic mass is 10.0. The summed E-state index contributed by atoms with van der Waals surface area (Å²) in [7, 11) is 0. The van der Waals surface area contributed by atoms with Gasteiger partial charge in [0.2, 0.25) is 11.8 Å².